The number of likely N-dealkylation sites (N-methyl/N-ethyl adjacent to an activating group) is 1. The Hall–Kier alpha value is -1.99. The Balaban J connectivity index is 2.47. The molecule has 0 saturated heterocycles. The maximum atomic E-state index is 10.9. The first kappa shape index (κ1) is 16.1. The highest BCUT2D eigenvalue weighted by atomic mass is 16.6. The first-order valence-corrected chi connectivity index (χ1v) is 6.24. The van der Waals surface area contributed by atoms with Crippen LogP contribution in [0.3, 0.4) is 0 Å². The molecular weight excluding hydrogens is 262 g/mol. The summed E-state index contributed by atoms with van der Waals surface area (Å²) in [5, 5.41) is 13.9. The van der Waals surface area contributed by atoms with Crippen molar-refractivity contribution in [2.24, 2.45) is 0 Å². The molecule has 1 aromatic carbocycles. The van der Waals surface area contributed by atoms with Gasteiger partial charge in [0.15, 0.2) is 0 Å². The van der Waals surface area contributed by atoms with Gasteiger partial charge in [-0.2, -0.15) is 0 Å². The molecule has 0 spiro atoms. The fourth-order valence-corrected chi connectivity index (χ4v) is 1.53. The topological polar surface area (TPSA) is 84.7 Å². The van der Waals surface area contributed by atoms with Crippen LogP contribution in [0.15, 0.2) is 18.2 Å². The normalized spacial score (nSPS) is 10.6. The Morgan fingerprint density at radius 2 is 2.15 bits per heavy atom. The number of carbonyl (C=O) groups is 1. The molecule has 20 heavy (non-hydrogen) atoms. The monoisotopic (exact) mass is 281 g/mol. The molecule has 0 aliphatic carbocycles. The van der Waals surface area contributed by atoms with E-state index in [9.17, 15) is 14.9 Å². The van der Waals surface area contributed by atoms with Crippen molar-refractivity contribution in [1.29, 1.82) is 0 Å². The SMILES string of the molecule is CN(C)CCOCCNc1ccc(C=O)cc1[N+](=O)[O-]. The minimum absolute atomic E-state index is 0.108. The highest BCUT2D eigenvalue weighted by Gasteiger charge is 2.13. The van der Waals surface area contributed by atoms with Gasteiger partial charge in [-0.25, -0.2) is 0 Å². The standard InChI is InChI=1S/C13H19N3O4/c1-15(2)6-8-20-7-5-14-12-4-3-11(10-17)9-13(12)16(18)19/h3-4,9-10,14H,5-8H2,1-2H3. The molecule has 7 nitrogen and oxygen atoms in total. The summed E-state index contributed by atoms with van der Waals surface area (Å²) in [6.45, 7) is 2.37. The van der Waals surface area contributed by atoms with Crippen molar-refractivity contribution in [3.8, 4) is 0 Å². The number of nitrogens with zero attached hydrogens (tertiary/aromatic N) is 2. The van der Waals surface area contributed by atoms with Crippen molar-refractivity contribution in [3.63, 3.8) is 0 Å². The quantitative estimate of drug-likeness (QED) is 0.319. The van der Waals surface area contributed by atoms with E-state index in [0.29, 0.717) is 31.7 Å². The molecule has 1 rings (SSSR count). The van der Waals surface area contributed by atoms with Gasteiger partial charge in [0.25, 0.3) is 5.69 Å². The minimum Gasteiger partial charge on any atom is -0.378 e. The van der Waals surface area contributed by atoms with Crippen LogP contribution < -0.4 is 5.32 Å². The molecule has 0 radical (unpaired) electrons. The summed E-state index contributed by atoms with van der Waals surface area (Å²) in [5.74, 6) is 0. The molecule has 110 valence electrons. The lowest BCUT2D eigenvalue weighted by molar-refractivity contribution is -0.384. The van der Waals surface area contributed by atoms with E-state index >= 15 is 0 Å². The predicted molar refractivity (Wildman–Crippen MR) is 76.3 cm³/mol. The van der Waals surface area contributed by atoms with Crippen LogP contribution in [0.25, 0.3) is 0 Å². The molecule has 0 heterocycles. The Bertz CT molecular complexity index is 463. The van der Waals surface area contributed by atoms with E-state index in [0.717, 1.165) is 6.54 Å². The second-order valence-corrected chi connectivity index (χ2v) is 4.49. The van der Waals surface area contributed by atoms with Gasteiger partial charge in [-0.15, -0.1) is 0 Å². The molecule has 0 amide bonds. The average Bonchev–Trinajstić information content (AvgIpc) is 2.42. The van der Waals surface area contributed by atoms with Gasteiger partial charge in [0.2, 0.25) is 0 Å². The molecule has 1 N–H and O–H groups in total. The zero-order valence-electron chi connectivity index (χ0n) is 11.7. The van der Waals surface area contributed by atoms with Crippen LogP contribution in [0.4, 0.5) is 11.4 Å². The lowest BCUT2D eigenvalue weighted by Crippen LogP contribution is -2.20. The number of nitro benzene ring substituents is 1. The summed E-state index contributed by atoms with van der Waals surface area (Å²) in [5.41, 5.74) is 0.559. The fourth-order valence-electron chi connectivity index (χ4n) is 1.53. The number of rotatable bonds is 9. The second-order valence-electron chi connectivity index (χ2n) is 4.49. The molecule has 0 saturated carbocycles. The van der Waals surface area contributed by atoms with Crippen LogP contribution in [0.1, 0.15) is 10.4 Å². The Kier molecular flexibility index (Phi) is 6.61. The number of nitrogens with one attached hydrogen (secondary N) is 1. The zero-order valence-corrected chi connectivity index (χ0v) is 11.7. The third-order valence-electron chi connectivity index (χ3n) is 2.60. The summed E-state index contributed by atoms with van der Waals surface area (Å²) in [6.07, 6.45) is 0.584. The largest absolute Gasteiger partial charge is 0.378 e. The van der Waals surface area contributed by atoms with Crippen molar-refractivity contribution in [3.05, 3.63) is 33.9 Å². The van der Waals surface area contributed by atoms with E-state index in [4.69, 9.17) is 4.74 Å². The molecule has 0 aliphatic heterocycles. The fraction of sp³-hybridized carbons (Fsp3) is 0.462. The number of ether oxygens (including phenoxy) is 1. The lowest BCUT2D eigenvalue weighted by Gasteiger charge is -2.11. The molecule has 0 fully saturated rings. The number of benzene rings is 1. The molecule has 0 aliphatic rings. The Morgan fingerprint density at radius 3 is 2.75 bits per heavy atom. The highest BCUT2D eigenvalue weighted by molar-refractivity contribution is 5.79. The van der Waals surface area contributed by atoms with Gasteiger partial charge in [-0.05, 0) is 26.2 Å². The molecule has 1 aromatic rings. The molecular formula is C13H19N3O4. The van der Waals surface area contributed by atoms with Gasteiger partial charge in [0, 0.05) is 24.7 Å². The first-order valence-electron chi connectivity index (χ1n) is 6.24. The zero-order chi connectivity index (χ0) is 15.0. The Morgan fingerprint density at radius 1 is 1.40 bits per heavy atom. The van der Waals surface area contributed by atoms with E-state index in [2.05, 4.69) is 5.32 Å². The number of aldehydes is 1. The highest BCUT2D eigenvalue weighted by Crippen LogP contribution is 2.24. The summed E-state index contributed by atoms with van der Waals surface area (Å²) >= 11 is 0. The van der Waals surface area contributed by atoms with Crippen molar-refractivity contribution in [1.82, 2.24) is 4.90 Å². The first-order chi connectivity index (χ1) is 9.54. The summed E-state index contributed by atoms with van der Waals surface area (Å²) in [7, 11) is 3.92. The van der Waals surface area contributed by atoms with Crippen molar-refractivity contribution in [2.75, 3.05) is 45.7 Å². The number of carbonyl (C=O) groups excluding carboxylic acids is 1. The third-order valence-corrected chi connectivity index (χ3v) is 2.60. The molecule has 0 bridgehead atoms. The average molecular weight is 281 g/mol. The van der Waals surface area contributed by atoms with Crippen LogP contribution >= 0.6 is 0 Å². The third kappa shape index (κ3) is 5.33. The number of hydrogen-bond acceptors (Lipinski definition) is 6. The smallest absolute Gasteiger partial charge is 0.293 e. The van der Waals surface area contributed by atoms with E-state index in [-0.39, 0.29) is 11.3 Å². The van der Waals surface area contributed by atoms with E-state index in [1.54, 1.807) is 0 Å². The summed E-state index contributed by atoms with van der Waals surface area (Å²) in [4.78, 5) is 23.0. The van der Waals surface area contributed by atoms with Gasteiger partial charge in [-0.1, -0.05) is 0 Å². The summed E-state index contributed by atoms with van der Waals surface area (Å²) in [6, 6.07) is 4.32. The van der Waals surface area contributed by atoms with E-state index in [1.807, 2.05) is 19.0 Å². The molecule has 0 atom stereocenters. The summed E-state index contributed by atoms with van der Waals surface area (Å²) < 4.78 is 5.38. The maximum Gasteiger partial charge on any atom is 0.293 e. The Labute approximate surface area is 117 Å². The second kappa shape index (κ2) is 8.23. The van der Waals surface area contributed by atoms with Crippen LogP contribution in [-0.4, -0.2) is 56.5 Å². The number of nitro groups is 1. The van der Waals surface area contributed by atoms with Crippen LogP contribution in [0, 0.1) is 10.1 Å². The lowest BCUT2D eigenvalue weighted by atomic mass is 10.2. The minimum atomic E-state index is -0.512. The number of anilines is 1. The van der Waals surface area contributed by atoms with Crippen LogP contribution in [-0.2, 0) is 4.74 Å². The maximum absolute atomic E-state index is 10.9. The number of hydrogen-bond donors (Lipinski definition) is 1. The van der Waals surface area contributed by atoms with Crippen molar-refractivity contribution < 1.29 is 14.5 Å². The van der Waals surface area contributed by atoms with Crippen LogP contribution in [0.2, 0.25) is 0 Å². The van der Waals surface area contributed by atoms with Gasteiger partial charge in [-0.3, -0.25) is 14.9 Å². The van der Waals surface area contributed by atoms with Gasteiger partial charge in [0.05, 0.1) is 18.1 Å². The van der Waals surface area contributed by atoms with Gasteiger partial charge in [0.1, 0.15) is 12.0 Å². The van der Waals surface area contributed by atoms with E-state index in [1.165, 1.54) is 18.2 Å². The molecule has 0 unspecified atom stereocenters. The predicted octanol–water partition coefficient (Wildman–Crippen LogP) is 1.40. The van der Waals surface area contributed by atoms with Gasteiger partial charge < -0.3 is 15.0 Å². The van der Waals surface area contributed by atoms with Crippen LogP contribution in [0.5, 0.6) is 0 Å². The van der Waals surface area contributed by atoms with Crippen molar-refractivity contribution in [2.45, 2.75) is 0 Å². The molecule has 7 heteroatoms. The molecule has 0 aromatic heterocycles. The van der Waals surface area contributed by atoms with Gasteiger partial charge >= 0.3 is 0 Å². The van der Waals surface area contributed by atoms with Crippen molar-refractivity contribution >= 4 is 17.7 Å². The van der Waals surface area contributed by atoms with E-state index < -0.39 is 4.92 Å².